The molecule has 3 rings (SSSR count). The molecular formula is C21H18N2O. The predicted octanol–water partition coefficient (Wildman–Crippen LogP) is 4.51. The molecular weight excluding hydrogens is 296 g/mol. The molecule has 3 nitrogen and oxygen atoms in total. The van der Waals surface area contributed by atoms with Gasteiger partial charge in [0.15, 0.2) is 0 Å². The van der Waals surface area contributed by atoms with Crippen LogP contribution in [0, 0.1) is 0 Å². The first-order chi connectivity index (χ1) is 11.8. The fraction of sp³-hybridized carbons (Fsp3) is 0.0476. The molecule has 3 aromatic rings. The second-order valence-corrected chi connectivity index (χ2v) is 5.27. The SMILES string of the molecule is C=C/C=C\C(=C/C)c1c(-c2ccccc2)nc2ccccn2c1=O. The summed E-state index contributed by atoms with van der Waals surface area (Å²) in [5, 5.41) is 0. The lowest BCUT2D eigenvalue weighted by Gasteiger charge is -2.12. The van der Waals surface area contributed by atoms with Crippen LogP contribution in [-0.2, 0) is 0 Å². The van der Waals surface area contributed by atoms with Crippen molar-refractivity contribution in [2.24, 2.45) is 0 Å². The number of hydrogen-bond acceptors (Lipinski definition) is 2. The molecule has 0 N–H and O–H groups in total. The second kappa shape index (κ2) is 6.92. The molecule has 0 unspecified atom stereocenters. The van der Waals surface area contributed by atoms with Crippen LogP contribution < -0.4 is 5.56 Å². The van der Waals surface area contributed by atoms with Gasteiger partial charge in [-0.1, -0.05) is 67.3 Å². The van der Waals surface area contributed by atoms with Crippen molar-refractivity contribution in [1.29, 1.82) is 0 Å². The van der Waals surface area contributed by atoms with E-state index in [0.717, 1.165) is 11.1 Å². The summed E-state index contributed by atoms with van der Waals surface area (Å²) in [6, 6.07) is 15.3. The molecule has 3 heteroatoms. The van der Waals surface area contributed by atoms with Gasteiger partial charge in [0.1, 0.15) is 5.65 Å². The fourth-order valence-electron chi connectivity index (χ4n) is 2.65. The van der Waals surface area contributed by atoms with Crippen molar-refractivity contribution in [3.8, 4) is 11.3 Å². The molecule has 0 fully saturated rings. The van der Waals surface area contributed by atoms with Gasteiger partial charge in [0.05, 0.1) is 11.3 Å². The van der Waals surface area contributed by atoms with E-state index in [9.17, 15) is 4.79 Å². The summed E-state index contributed by atoms with van der Waals surface area (Å²) in [7, 11) is 0. The van der Waals surface area contributed by atoms with Crippen LogP contribution in [0.2, 0.25) is 0 Å². The molecule has 2 heterocycles. The molecule has 0 aliphatic rings. The van der Waals surface area contributed by atoms with Crippen molar-refractivity contribution in [1.82, 2.24) is 9.38 Å². The molecule has 2 aromatic heterocycles. The van der Waals surface area contributed by atoms with Crippen molar-refractivity contribution in [2.75, 3.05) is 0 Å². The van der Waals surface area contributed by atoms with E-state index >= 15 is 0 Å². The molecule has 118 valence electrons. The lowest BCUT2D eigenvalue weighted by molar-refractivity contribution is 1.04. The zero-order valence-electron chi connectivity index (χ0n) is 13.5. The molecule has 0 saturated carbocycles. The minimum Gasteiger partial charge on any atom is -0.268 e. The Morgan fingerprint density at radius 2 is 1.88 bits per heavy atom. The third-order valence-corrected chi connectivity index (χ3v) is 3.79. The highest BCUT2D eigenvalue weighted by molar-refractivity contribution is 5.84. The number of allylic oxidation sites excluding steroid dienone is 5. The Balaban J connectivity index is 2.40. The van der Waals surface area contributed by atoms with E-state index in [1.54, 1.807) is 16.7 Å². The zero-order valence-corrected chi connectivity index (χ0v) is 13.5. The maximum absolute atomic E-state index is 13.1. The Kier molecular flexibility index (Phi) is 4.52. The monoisotopic (exact) mass is 314 g/mol. The van der Waals surface area contributed by atoms with E-state index in [1.165, 1.54) is 0 Å². The summed E-state index contributed by atoms with van der Waals surface area (Å²) >= 11 is 0. The topological polar surface area (TPSA) is 34.4 Å². The lowest BCUT2D eigenvalue weighted by Crippen LogP contribution is -2.20. The number of aromatic nitrogens is 2. The van der Waals surface area contributed by atoms with E-state index in [0.29, 0.717) is 16.9 Å². The summed E-state index contributed by atoms with van der Waals surface area (Å²) in [6.45, 7) is 5.61. The third-order valence-electron chi connectivity index (χ3n) is 3.79. The predicted molar refractivity (Wildman–Crippen MR) is 99.9 cm³/mol. The van der Waals surface area contributed by atoms with Crippen LogP contribution in [0.25, 0.3) is 22.5 Å². The van der Waals surface area contributed by atoms with Crippen LogP contribution in [0.3, 0.4) is 0 Å². The van der Waals surface area contributed by atoms with Crippen LogP contribution in [0.15, 0.2) is 90.4 Å². The molecule has 0 atom stereocenters. The van der Waals surface area contributed by atoms with Crippen molar-refractivity contribution in [3.63, 3.8) is 0 Å². The van der Waals surface area contributed by atoms with Gasteiger partial charge in [0, 0.05) is 11.8 Å². The normalized spacial score (nSPS) is 12.0. The van der Waals surface area contributed by atoms with E-state index in [1.807, 2.05) is 73.7 Å². The summed E-state index contributed by atoms with van der Waals surface area (Å²) in [5.41, 5.74) is 3.57. The van der Waals surface area contributed by atoms with Gasteiger partial charge in [0.25, 0.3) is 5.56 Å². The van der Waals surface area contributed by atoms with Crippen LogP contribution in [0.5, 0.6) is 0 Å². The quantitative estimate of drug-likeness (QED) is 0.664. The number of pyridine rings is 1. The molecule has 0 saturated heterocycles. The maximum atomic E-state index is 13.1. The van der Waals surface area contributed by atoms with Gasteiger partial charge in [-0.15, -0.1) is 0 Å². The molecule has 24 heavy (non-hydrogen) atoms. The van der Waals surface area contributed by atoms with Gasteiger partial charge in [-0.2, -0.15) is 0 Å². The van der Waals surface area contributed by atoms with Gasteiger partial charge < -0.3 is 0 Å². The highest BCUT2D eigenvalue weighted by Gasteiger charge is 2.16. The lowest BCUT2D eigenvalue weighted by atomic mass is 9.99. The van der Waals surface area contributed by atoms with Gasteiger partial charge in [-0.05, 0) is 24.6 Å². The highest BCUT2D eigenvalue weighted by atomic mass is 16.1. The largest absolute Gasteiger partial charge is 0.268 e. The van der Waals surface area contributed by atoms with E-state index in [4.69, 9.17) is 4.98 Å². The van der Waals surface area contributed by atoms with Gasteiger partial charge in [-0.3, -0.25) is 9.20 Å². The number of nitrogens with zero attached hydrogens (tertiary/aromatic N) is 2. The first-order valence-electron chi connectivity index (χ1n) is 7.79. The molecule has 0 spiro atoms. The highest BCUT2D eigenvalue weighted by Crippen LogP contribution is 2.26. The molecule has 0 aliphatic heterocycles. The Morgan fingerprint density at radius 1 is 1.12 bits per heavy atom. The summed E-state index contributed by atoms with van der Waals surface area (Å²) < 4.78 is 1.58. The first kappa shape index (κ1) is 15.7. The molecule has 0 radical (unpaired) electrons. The van der Waals surface area contributed by atoms with Crippen LogP contribution in [0.1, 0.15) is 12.5 Å². The molecule has 0 amide bonds. The van der Waals surface area contributed by atoms with Gasteiger partial charge in [-0.25, -0.2) is 4.98 Å². The Labute approximate surface area is 140 Å². The van der Waals surface area contributed by atoms with Crippen molar-refractivity contribution >= 4 is 11.2 Å². The van der Waals surface area contributed by atoms with Crippen molar-refractivity contribution in [3.05, 3.63) is 102 Å². The van der Waals surface area contributed by atoms with Crippen LogP contribution >= 0.6 is 0 Å². The molecule has 0 aliphatic carbocycles. The first-order valence-corrected chi connectivity index (χ1v) is 7.79. The molecule has 0 bridgehead atoms. The van der Waals surface area contributed by atoms with Gasteiger partial charge >= 0.3 is 0 Å². The number of benzene rings is 1. The maximum Gasteiger partial charge on any atom is 0.266 e. The number of fused-ring (bicyclic) bond motifs is 1. The minimum absolute atomic E-state index is 0.0822. The van der Waals surface area contributed by atoms with Gasteiger partial charge in [0.2, 0.25) is 0 Å². The summed E-state index contributed by atoms with van der Waals surface area (Å²) in [6.07, 6.45) is 9.06. The van der Waals surface area contributed by atoms with Crippen LogP contribution in [0.4, 0.5) is 0 Å². The van der Waals surface area contributed by atoms with E-state index < -0.39 is 0 Å². The molecule has 1 aromatic carbocycles. The Bertz CT molecular complexity index is 995. The standard InChI is InChI=1S/C21H18N2O/c1-3-5-11-16(4-2)19-20(17-12-7-6-8-13-17)22-18-14-9-10-15-23(18)21(19)24/h3-15H,1H2,2H3/b11-5-,16-4+. The van der Waals surface area contributed by atoms with E-state index in [2.05, 4.69) is 6.58 Å². The zero-order chi connectivity index (χ0) is 16.9. The summed E-state index contributed by atoms with van der Waals surface area (Å²) in [4.78, 5) is 17.9. The van der Waals surface area contributed by atoms with Crippen molar-refractivity contribution < 1.29 is 0 Å². The van der Waals surface area contributed by atoms with E-state index in [-0.39, 0.29) is 5.56 Å². The second-order valence-electron chi connectivity index (χ2n) is 5.27. The van der Waals surface area contributed by atoms with Crippen LogP contribution in [-0.4, -0.2) is 9.38 Å². The smallest absolute Gasteiger partial charge is 0.266 e. The Morgan fingerprint density at radius 3 is 2.58 bits per heavy atom. The van der Waals surface area contributed by atoms with Crippen molar-refractivity contribution in [2.45, 2.75) is 6.92 Å². The number of rotatable bonds is 4. The average Bonchev–Trinajstić information content (AvgIpc) is 2.64. The number of hydrogen-bond donors (Lipinski definition) is 0. The third kappa shape index (κ3) is 2.84. The fourth-order valence-corrected chi connectivity index (χ4v) is 2.65. The average molecular weight is 314 g/mol. The minimum atomic E-state index is -0.0822. The summed E-state index contributed by atoms with van der Waals surface area (Å²) in [5.74, 6) is 0. The Hall–Kier alpha value is -3.20.